The molecule has 0 bridgehead atoms. The number of aromatic nitrogens is 2. The van der Waals surface area contributed by atoms with Gasteiger partial charge in [-0.2, -0.15) is 0 Å². The summed E-state index contributed by atoms with van der Waals surface area (Å²) in [7, 11) is 0. The van der Waals surface area contributed by atoms with Gasteiger partial charge in [0.2, 0.25) is 0 Å². The van der Waals surface area contributed by atoms with Crippen LogP contribution < -0.4 is 5.32 Å². The number of hydrogen-bond acceptors (Lipinski definition) is 6. The fraction of sp³-hybridized carbons (Fsp3) is 0.333. The highest BCUT2D eigenvalue weighted by Crippen LogP contribution is 2.28. The van der Waals surface area contributed by atoms with Crippen LogP contribution in [0.15, 0.2) is 46.5 Å². The number of nitrogens with one attached hydrogen (secondary N) is 1. The second-order valence-electron chi connectivity index (χ2n) is 5.94. The number of fused-ring (bicyclic) bond motifs is 1. The van der Waals surface area contributed by atoms with E-state index in [4.69, 9.17) is 4.74 Å². The van der Waals surface area contributed by atoms with E-state index in [1.54, 1.807) is 17.7 Å². The zero-order valence-electron chi connectivity index (χ0n) is 13.7. The lowest BCUT2D eigenvalue weighted by Crippen LogP contribution is -2.41. The zero-order valence-corrected chi connectivity index (χ0v) is 16.1. The second kappa shape index (κ2) is 7.78. The first-order valence-electron chi connectivity index (χ1n) is 8.30. The summed E-state index contributed by atoms with van der Waals surface area (Å²) in [6.07, 6.45) is 1.62. The maximum atomic E-state index is 5.52. The van der Waals surface area contributed by atoms with Gasteiger partial charge in [0, 0.05) is 34.4 Å². The van der Waals surface area contributed by atoms with Gasteiger partial charge in [0.15, 0.2) is 0 Å². The van der Waals surface area contributed by atoms with E-state index in [1.807, 2.05) is 12.1 Å². The minimum Gasteiger partial charge on any atom is -0.379 e. The quantitative estimate of drug-likeness (QED) is 0.679. The van der Waals surface area contributed by atoms with Gasteiger partial charge in [-0.1, -0.05) is 22.0 Å². The topological polar surface area (TPSA) is 50.3 Å². The summed E-state index contributed by atoms with van der Waals surface area (Å²) in [5, 5.41) is 6.72. The van der Waals surface area contributed by atoms with Gasteiger partial charge in [-0.05, 0) is 29.6 Å². The third-order valence-electron chi connectivity index (χ3n) is 4.42. The summed E-state index contributed by atoms with van der Waals surface area (Å²) >= 11 is 5.34. The molecule has 7 heteroatoms. The molecule has 4 rings (SSSR count). The Labute approximate surface area is 159 Å². The van der Waals surface area contributed by atoms with E-state index in [9.17, 15) is 0 Å². The Morgan fingerprint density at radius 3 is 2.92 bits per heavy atom. The number of hydrogen-bond donors (Lipinski definition) is 1. The largest absolute Gasteiger partial charge is 0.379 e. The molecule has 1 aliphatic rings. The molecule has 0 spiro atoms. The summed E-state index contributed by atoms with van der Waals surface area (Å²) < 4.78 is 6.54. The van der Waals surface area contributed by atoms with Crippen molar-refractivity contribution in [2.75, 3.05) is 38.2 Å². The molecule has 1 aliphatic heterocycles. The molecular formula is C18H19BrN4OS. The first-order chi connectivity index (χ1) is 12.3. The van der Waals surface area contributed by atoms with Crippen molar-refractivity contribution in [3.63, 3.8) is 0 Å². The zero-order chi connectivity index (χ0) is 17.1. The molecule has 0 aliphatic carbocycles. The molecule has 1 aromatic carbocycles. The fourth-order valence-corrected chi connectivity index (χ4v) is 4.36. The summed E-state index contributed by atoms with van der Waals surface area (Å²) in [5.41, 5.74) is 0.944. The number of benzene rings is 1. The van der Waals surface area contributed by atoms with Crippen molar-refractivity contribution in [3.05, 3.63) is 51.4 Å². The van der Waals surface area contributed by atoms with E-state index in [0.29, 0.717) is 6.04 Å². The van der Waals surface area contributed by atoms with Crippen molar-refractivity contribution >= 4 is 44.0 Å². The molecule has 0 radical (unpaired) electrons. The van der Waals surface area contributed by atoms with Crippen molar-refractivity contribution in [1.82, 2.24) is 14.9 Å². The Hall–Kier alpha value is -1.54. The van der Waals surface area contributed by atoms with Gasteiger partial charge in [0.05, 0.1) is 24.8 Å². The predicted octanol–water partition coefficient (Wildman–Crippen LogP) is 3.94. The van der Waals surface area contributed by atoms with E-state index < -0.39 is 0 Å². The van der Waals surface area contributed by atoms with Crippen molar-refractivity contribution in [1.29, 1.82) is 0 Å². The molecule has 130 valence electrons. The minimum absolute atomic E-state index is 0.320. The molecule has 25 heavy (non-hydrogen) atoms. The second-order valence-corrected chi connectivity index (χ2v) is 7.84. The van der Waals surface area contributed by atoms with Crippen LogP contribution in [0, 0.1) is 0 Å². The van der Waals surface area contributed by atoms with E-state index in [1.165, 1.54) is 4.88 Å². The molecule has 1 unspecified atom stereocenters. The Balaban J connectivity index is 1.58. The number of morpholine rings is 1. The Morgan fingerprint density at radius 1 is 1.24 bits per heavy atom. The van der Waals surface area contributed by atoms with Gasteiger partial charge >= 0.3 is 0 Å². The molecule has 1 saturated heterocycles. The van der Waals surface area contributed by atoms with Crippen LogP contribution in [0.4, 0.5) is 5.82 Å². The summed E-state index contributed by atoms with van der Waals surface area (Å²) in [4.78, 5) is 12.7. The molecule has 1 atom stereocenters. The lowest BCUT2D eigenvalue weighted by molar-refractivity contribution is 0.0194. The molecule has 3 aromatic rings. The number of ether oxygens (including phenoxy) is 1. The minimum atomic E-state index is 0.320. The third-order valence-corrected chi connectivity index (χ3v) is 5.89. The third kappa shape index (κ3) is 3.84. The Morgan fingerprint density at radius 2 is 2.12 bits per heavy atom. The monoisotopic (exact) mass is 418 g/mol. The average Bonchev–Trinajstić information content (AvgIpc) is 3.17. The number of nitrogens with zero attached hydrogens (tertiary/aromatic N) is 3. The van der Waals surface area contributed by atoms with Crippen molar-refractivity contribution in [2.24, 2.45) is 0 Å². The van der Waals surface area contributed by atoms with Gasteiger partial charge in [-0.3, -0.25) is 4.90 Å². The smallest absolute Gasteiger partial charge is 0.137 e. The summed E-state index contributed by atoms with van der Waals surface area (Å²) in [6, 6.07) is 10.7. The Bertz CT molecular complexity index is 836. The van der Waals surface area contributed by atoms with Crippen molar-refractivity contribution in [2.45, 2.75) is 6.04 Å². The lowest BCUT2D eigenvalue weighted by Gasteiger charge is -2.34. The molecule has 5 nitrogen and oxygen atoms in total. The van der Waals surface area contributed by atoms with Crippen LogP contribution in [0.5, 0.6) is 0 Å². The van der Waals surface area contributed by atoms with Crippen LogP contribution >= 0.6 is 27.3 Å². The van der Waals surface area contributed by atoms with E-state index >= 15 is 0 Å². The predicted molar refractivity (Wildman–Crippen MR) is 105 cm³/mol. The molecule has 0 amide bonds. The van der Waals surface area contributed by atoms with E-state index in [0.717, 1.165) is 54.0 Å². The van der Waals surface area contributed by atoms with Crippen LogP contribution in [-0.2, 0) is 4.74 Å². The van der Waals surface area contributed by atoms with Crippen LogP contribution in [-0.4, -0.2) is 47.7 Å². The van der Waals surface area contributed by atoms with Gasteiger partial charge in [-0.25, -0.2) is 9.97 Å². The standard InChI is InChI=1S/C18H19BrN4OS/c19-13-3-4-15-14(10-13)18(22-12-21-15)20-11-16(17-2-1-9-25-17)23-5-7-24-8-6-23/h1-4,9-10,12,16H,5-8,11H2,(H,20,21,22). The normalized spacial score (nSPS) is 16.8. The number of rotatable bonds is 5. The number of thiophene rings is 1. The lowest BCUT2D eigenvalue weighted by atomic mass is 10.1. The first kappa shape index (κ1) is 16.9. The molecular weight excluding hydrogens is 400 g/mol. The molecule has 2 aromatic heterocycles. The van der Waals surface area contributed by atoms with E-state index in [-0.39, 0.29) is 0 Å². The van der Waals surface area contributed by atoms with Gasteiger partial charge < -0.3 is 10.1 Å². The number of anilines is 1. The van der Waals surface area contributed by atoms with Gasteiger partial charge in [0.25, 0.3) is 0 Å². The summed E-state index contributed by atoms with van der Waals surface area (Å²) in [5.74, 6) is 0.876. The molecule has 1 fully saturated rings. The fourth-order valence-electron chi connectivity index (χ4n) is 3.14. The van der Waals surface area contributed by atoms with Crippen LogP contribution in [0.1, 0.15) is 10.9 Å². The van der Waals surface area contributed by atoms with Crippen molar-refractivity contribution < 1.29 is 4.74 Å². The highest BCUT2D eigenvalue weighted by molar-refractivity contribution is 9.10. The molecule has 1 N–H and O–H groups in total. The molecule has 0 saturated carbocycles. The average molecular weight is 419 g/mol. The van der Waals surface area contributed by atoms with Crippen molar-refractivity contribution in [3.8, 4) is 0 Å². The SMILES string of the molecule is Brc1ccc2ncnc(NCC(c3cccs3)N3CCOCC3)c2c1. The highest BCUT2D eigenvalue weighted by Gasteiger charge is 2.23. The van der Waals surface area contributed by atoms with Crippen LogP contribution in [0.3, 0.4) is 0 Å². The highest BCUT2D eigenvalue weighted by atomic mass is 79.9. The van der Waals surface area contributed by atoms with Crippen LogP contribution in [0.25, 0.3) is 10.9 Å². The molecule has 3 heterocycles. The van der Waals surface area contributed by atoms with Gasteiger partial charge in [0.1, 0.15) is 12.1 Å². The summed E-state index contributed by atoms with van der Waals surface area (Å²) in [6.45, 7) is 4.32. The van der Waals surface area contributed by atoms with E-state index in [2.05, 4.69) is 59.7 Å². The van der Waals surface area contributed by atoms with Crippen LogP contribution in [0.2, 0.25) is 0 Å². The maximum Gasteiger partial charge on any atom is 0.137 e. The number of halogens is 1. The Kier molecular flexibility index (Phi) is 5.26. The maximum absolute atomic E-state index is 5.52. The first-order valence-corrected chi connectivity index (χ1v) is 9.98. The van der Waals surface area contributed by atoms with Gasteiger partial charge in [-0.15, -0.1) is 11.3 Å².